The predicted octanol–water partition coefficient (Wildman–Crippen LogP) is 5.48. The molecule has 0 saturated carbocycles. The van der Waals surface area contributed by atoms with E-state index in [0.717, 1.165) is 6.54 Å². The zero-order chi connectivity index (χ0) is 19.4. The van der Waals surface area contributed by atoms with E-state index in [1.165, 1.54) is 37.2 Å². The zero-order valence-electron chi connectivity index (χ0n) is 16.4. The lowest BCUT2D eigenvalue weighted by atomic mass is 10.0. The summed E-state index contributed by atoms with van der Waals surface area (Å²) in [4.78, 5) is 2.15. The number of aryl methyl sites for hydroxylation is 2. The Bertz CT molecular complexity index is 933. The minimum Gasteiger partial charge on any atom is -0.378 e. The second-order valence-corrected chi connectivity index (χ2v) is 8.35. The standard InChI is InChI=1S/C24H26IN2/c1-18-15-23(26(3)4)16-19(2)24(18)13-12-22-7-5-6-14-27(22)17-20-8-10-21(25)11-9-20/h5-16H,17H2,1-4H3/q+1. The molecular weight excluding hydrogens is 443 g/mol. The number of benzene rings is 2. The summed E-state index contributed by atoms with van der Waals surface area (Å²) in [5.41, 5.74) is 7.65. The fourth-order valence-electron chi connectivity index (χ4n) is 3.21. The average Bonchev–Trinajstić information content (AvgIpc) is 2.64. The fourth-order valence-corrected chi connectivity index (χ4v) is 3.57. The van der Waals surface area contributed by atoms with E-state index in [-0.39, 0.29) is 0 Å². The summed E-state index contributed by atoms with van der Waals surface area (Å²) in [5.74, 6) is 0. The van der Waals surface area contributed by atoms with Gasteiger partial charge in [0, 0.05) is 47.1 Å². The summed E-state index contributed by atoms with van der Waals surface area (Å²) < 4.78 is 3.55. The normalized spacial score (nSPS) is 11.1. The van der Waals surface area contributed by atoms with Gasteiger partial charge in [-0.05, 0) is 89.5 Å². The fraction of sp³-hybridized carbons (Fsp3) is 0.208. The van der Waals surface area contributed by atoms with E-state index >= 15 is 0 Å². The van der Waals surface area contributed by atoms with Crippen LogP contribution in [-0.4, -0.2) is 14.1 Å². The molecule has 0 radical (unpaired) electrons. The maximum Gasteiger partial charge on any atom is 0.205 e. The molecule has 0 fully saturated rings. The van der Waals surface area contributed by atoms with E-state index in [9.17, 15) is 0 Å². The summed E-state index contributed by atoms with van der Waals surface area (Å²) in [6.45, 7) is 5.24. The Hall–Kier alpha value is -2.14. The lowest BCUT2D eigenvalue weighted by Gasteiger charge is -2.16. The van der Waals surface area contributed by atoms with Gasteiger partial charge >= 0.3 is 0 Å². The van der Waals surface area contributed by atoms with Gasteiger partial charge in [-0.2, -0.15) is 4.57 Å². The van der Waals surface area contributed by atoms with Crippen molar-refractivity contribution in [1.82, 2.24) is 0 Å². The quantitative estimate of drug-likeness (QED) is 0.355. The van der Waals surface area contributed by atoms with Crippen LogP contribution in [0.3, 0.4) is 0 Å². The van der Waals surface area contributed by atoms with Gasteiger partial charge in [0.1, 0.15) is 0 Å². The van der Waals surface area contributed by atoms with Crippen LogP contribution in [0.15, 0.2) is 60.8 Å². The zero-order valence-corrected chi connectivity index (χ0v) is 18.6. The second kappa shape index (κ2) is 8.70. The van der Waals surface area contributed by atoms with Crippen LogP contribution in [0.25, 0.3) is 12.2 Å². The lowest BCUT2D eigenvalue weighted by Crippen LogP contribution is -2.36. The molecule has 27 heavy (non-hydrogen) atoms. The van der Waals surface area contributed by atoms with Crippen molar-refractivity contribution in [3.05, 3.63) is 92.3 Å². The molecule has 0 aliphatic rings. The Morgan fingerprint density at radius 1 is 0.926 bits per heavy atom. The predicted molar refractivity (Wildman–Crippen MR) is 124 cm³/mol. The number of halogens is 1. The highest BCUT2D eigenvalue weighted by Crippen LogP contribution is 2.23. The Labute approximate surface area is 176 Å². The highest BCUT2D eigenvalue weighted by Gasteiger charge is 2.09. The van der Waals surface area contributed by atoms with Crippen molar-refractivity contribution in [3.8, 4) is 0 Å². The molecule has 0 saturated heterocycles. The average molecular weight is 469 g/mol. The van der Waals surface area contributed by atoms with Crippen molar-refractivity contribution in [2.75, 3.05) is 19.0 Å². The van der Waals surface area contributed by atoms with E-state index in [2.05, 4.69) is 133 Å². The second-order valence-electron chi connectivity index (χ2n) is 7.10. The van der Waals surface area contributed by atoms with Crippen molar-refractivity contribution in [3.63, 3.8) is 0 Å². The Morgan fingerprint density at radius 2 is 1.59 bits per heavy atom. The maximum absolute atomic E-state index is 2.35. The molecule has 2 aromatic carbocycles. The third kappa shape index (κ3) is 4.98. The minimum absolute atomic E-state index is 0.870. The van der Waals surface area contributed by atoms with Gasteiger partial charge in [0.15, 0.2) is 12.7 Å². The van der Waals surface area contributed by atoms with Gasteiger partial charge < -0.3 is 4.90 Å². The monoisotopic (exact) mass is 469 g/mol. The number of anilines is 1. The van der Waals surface area contributed by atoms with Crippen molar-refractivity contribution < 1.29 is 4.57 Å². The van der Waals surface area contributed by atoms with Crippen LogP contribution in [0, 0.1) is 17.4 Å². The first-order chi connectivity index (χ1) is 12.9. The van der Waals surface area contributed by atoms with Gasteiger partial charge in [0.2, 0.25) is 5.69 Å². The molecule has 0 aliphatic heterocycles. The first kappa shape index (κ1) is 19.6. The van der Waals surface area contributed by atoms with Gasteiger partial charge in [-0.25, -0.2) is 0 Å². The third-order valence-corrected chi connectivity index (χ3v) is 5.48. The van der Waals surface area contributed by atoms with E-state index in [4.69, 9.17) is 0 Å². The van der Waals surface area contributed by atoms with Crippen molar-refractivity contribution in [2.24, 2.45) is 0 Å². The molecule has 0 amide bonds. The highest BCUT2D eigenvalue weighted by atomic mass is 127. The third-order valence-electron chi connectivity index (χ3n) is 4.76. The summed E-state index contributed by atoms with van der Waals surface area (Å²) in [6.07, 6.45) is 6.60. The van der Waals surface area contributed by atoms with Crippen LogP contribution >= 0.6 is 22.6 Å². The smallest absolute Gasteiger partial charge is 0.205 e. The van der Waals surface area contributed by atoms with Crippen LogP contribution in [0.1, 0.15) is 27.9 Å². The summed E-state index contributed by atoms with van der Waals surface area (Å²) >= 11 is 2.35. The molecule has 3 aromatic rings. The van der Waals surface area contributed by atoms with E-state index in [1.807, 2.05) is 0 Å². The first-order valence-corrected chi connectivity index (χ1v) is 10.2. The molecule has 3 rings (SSSR count). The Balaban J connectivity index is 1.89. The number of hydrogen-bond donors (Lipinski definition) is 0. The van der Waals surface area contributed by atoms with Crippen molar-refractivity contribution in [1.29, 1.82) is 0 Å². The van der Waals surface area contributed by atoms with Gasteiger partial charge in [-0.1, -0.05) is 12.1 Å². The van der Waals surface area contributed by atoms with Gasteiger partial charge in [-0.3, -0.25) is 0 Å². The molecule has 138 valence electrons. The van der Waals surface area contributed by atoms with Gasteiger partial charge in [0.05, 0.1) is 0 Å². The molecular formula is C24H26IN2+. The van der Waals surface area contributed by atoms with Crippen LogP contribution < -0.4 is 9.47 Å². The Morgan fingerprint density at radius 3 is 2.22 bits per heavy atom. The molecule has 0 atom stereocenters. The first-order valence-electron chi connectivity index (χ1n) is 9.13. The van der Waals surface area contributed by atoms with E-state index in [1.54, 1.807) is 0 Å². The van der Waals surface area contributed by atoms with Crippen molar-refractivity contribution in [2.45, 2.75) is 20.4 Å². The SMILES string of the molecule is Cc1cc(N(C)C)cc(C)c1/C=C/c1cccc[n+]1Cc1ccc(I)cc1. The van der Waals surface area contributed by atoms with Gasteiger partial charge in [0.25, 0.3) is 0 Å². The van der Waals surface area contributed by atoms with E-state index < -0.39 is 0 Å². The number of nitrogens with zero attached hydrogens (tertiary/aromatic N) is 2. The molecule has 2 nitrogen and oxygen atoms in total. The van der Waals surface area contributed by atoms with Crippen LogP contribution in [0.4, 0.5) is 5.69 Å². The maximum atomic E-state index is 2.35. The molecule has 0 aliphatic carbocycles. The molecule has 0 unspecified atom stereocenters. The molecule has 1 aromatic heterocycles. The van der Waals surface area contributed by atoms with E-state index in [0.29, 0.717) is 0 Å². The van der Waals surface area contributed by atoms with Crippen molar-refractivity contribution >= 4 is 40.4 Å². The molecule has 1 heterocycles. The van der Waals surface area contributed by atoms with Crippen LogP contribution in [0.5, 0.6) is 0 Å². The number of hydrogen-bond acceptors (Lipinski definition) is 1. The lowest BCUT2D eigenvalue weighted by molar-refractivity contribution is -0.690. The molecule has 3 heteroatoms. The van der Waals surface area contributed by atoms with Gasteiger partial charge in [-0.15, -0.1) is 0 Å². The largest absolute Gasteiger partial charge is 0.378 e. The molecule has 0 N–H and O–H groups in total. The molecule has 0 spiro atoms. The van der Waals surface area contributed by atoms with Crippen LogP contribution in [0.2, 0.25) is 0 Å². The molecule has 0 bridgehead atoms. The minimum atomic E-state index is 0.870. The van der Waals surface area contributed by atoms with Crippen LogP contribution in [-0.2, 0) is 6.54 Å². The highest BCUT2D eigenvalue weighted by molar-refractivity contribution is 14.1. The summed E-state index contributed by atoms with van der Waals surface area (Å²) in [7, 11) is 4.17. The topological polar surface area (TPSA) is 7.12 Å². The number of pyridine rings is 1. The number of rotatable bonds is 5. The summed E-state index contributed by atoms with van der Waals surface area (Å²) in [6, 6.07) is 19.6. The Kier molecular flexibility index (Phi) is 6.32. The summed E-state index contributed by atoms with van der Waals surface area (Å²) in [5, 5.41) is 0. The number of aromatic nitrogens is 1.